The van der Waals surface area contributed by atoms with Crippen molar-refractivity contribution in [3.63, 3.8) is 0 Å². The fourth-order valence-electron chi connectivity index (χ4n) is 18.1. The van der Waals surface area contributed by atoms with Crippen molar-refractivity contribution >= 4 is 158 Å². The molecule has 17 aromatic carbocycles. The van der Waals surface area contributed by atoms with E-state index in [1.165, 1.54) is 77.7 Å². The van der Waals surface area contributed by atoms with Crippen molar-refractivity contribution in [2.24, 2.45) is 0 Å². The van der Waals surface area contributed by atoms with E-state index in [-0.39, 0.29) is 57.6 Å². The van der Waals surface area contributed by atoms with Crippen LogP contribution >= 0.6 is 9.84 Å². The maximum atomic E-state index is 13.2. The Morgan fingerprint density at radius 1 is 0.304 bits per heavy atom. The quantitative estimate of drug-likeness (QED) is 0.0646. The number of anilines is 3. The standard InChI is InChI=1S/C54H36N4.C45H30N6.C11H6F2N.C6H5NO2.Bi.Ir.H3P.2H/c1-7-19-49-43(13-1)44-14-2-8-20-50(44)56(49)40-31-25-37(26-32-40)55(38-27-33-41(34-28-38)57-51-21-9-3-15-45(51)46-16-4-10-22-52(46)57)39-29-35-42(36-30-39)58-53-23-11-5-17-47(53)48-18-6-12-24-54(48)58;1-4-16-34(17-5-1)49-40-25-13-10-22-37(40)46-43(49)31-28-32(44-47-38-23-11-14-26-41(38)50(44)35-18-6-2-7-19-35)30-33(29-31)45-48-39-24-12-15-27-42(39)51(45)36-20-8-3-9-21-36;12-8-4-5-9(10(13)7-8)11-3-1-2-6-14-11;8-6(9)5-3-1-2-4-7-5;;;;;/h1-36H;1-30H;1-4,6-7H;1-4H,(H,8,9);;;1H3;;/q;;-1;;;;;;/i;;;;;;1T;;. The van der Waals surface area contributed by atoms with Crippen molar-refractivity contribution in [3.05, 3.63) is 485 Å². The van der Waals surface area contributed by atoms with E-state index in [0.717, 1.165) is 131 Å². The zero-order valence-corrected chi connectivity index (χ0v) is 80.4. The number of hydrogen-bond acceptors (Lipinski definition) is 7. The summed E-state index contributed by atoms with van der Waals surface area (Å²) in [4.78, 5) is 35.9. The second-order valence-electron chi connectivity index (χ2n) is 31.9. The van der Waals surface area contributed by atoms with Crippen LogP contribution < -0.4 is 4.90 Å². The molecule has 25 rings (SSSR count). The van der Waals surface area contributed by atoms with Crippen LogP contribution in [0.5, 0.6) is 0 Å². The van der Waals surface area contributed by atoms with Crippen LogP contribution in [0.4, 0.5) is 25.8 Å². The van der Waals surface area contributed by atoms with Crippen LogP contribution in [-0.4, -0.2) is 90.9 Å². The van der Waals surface area contributed by atoms with Gasteiger partial charge in [0.05, 0.1) is 67.5 Å². The molecule has 0 aliphatic heterocycles. The average Bonchev–Trinajstić information content (AvgIpc) is 1.60. The predicted octanol–water partition coefficient (Wildman–Crippen LogP) is 27.9. The second-order valence-corrected chi connectivity index (χ2v) is 31.9. The van der Waals surface area contributed by atoms with Gasteiger partial charge in [0, 0.05) is 144 Å². The molecule has 1 atom stereocenters. The number of halogens is 2. The Morgan fingerprint density at radius 3 is 0.844 bits per heavy atom. The number of fused-ring (bicyclic) bond motifs is 12. The van der Waals surface area contributed by atoms with E-state index in [2.05, 4.69) is 412 Å². The van der Waals surface area contributed by atoms with Gasteiger partial charge in [0.1, 0.15) is 23.2 Å². The zero-order valence-electron chi connectivity index (χ0n) is 73.3. The van der Waals surface area contributed by atoms with Gasteiger partial charge in [-0.1, -0.05) is 230 Å². The minimum atomic E-state index is -0.990. The van der Waals surface area contributed by atoms with Gasteiger partial charge in [-0.05, 0) is 224 Å². The van der Waals surface area contributed by atoms with Crippen molar-refractivity contribution in [1.29, 1.82) is 1.28 Å². The molecule has 1 unspecified atom stereocenters. The van der Waals surface area contributed by atoms with Gasteiger partial charge >= 0.3 is 32.2 Å². The third kappa shape index (κ3) is 16.9. The number of carboxylic acids is 1. The van der Waals surface area contributed by atoms with Crippen molar-refractivity contribution in [1.82, 2.24) is 52.3 Å². The number of imidazole rings is 3. The van der Waals surface area contributed by atoms with Crippen LogP contribution in [-0.2, 0) is 20.1 Å². The average molecular weight is 2150 g/mol. The molecule has 2 radical (unpaired) electrons. The van der Waals surface area contributed by atoms with E-state index in [0.29, 0.717) is 5.69 Å². The number of pyridine rings is 2. The largest absolute Gasteiger partial charge is 0.310 e. The summed E-state index contributed by atoms with van der Waals surface area (Å²) in [6.45, 7) is 0. The van der Waals surface area contributed by atoms with Crippen LogP contribution in [0.15, 0.2) is 461 Å². The van der Waals surface area contributed by atoms with Gasteiger partial charge in [-0.25, -0.2) is 24.7 Å². The molecular weight excluding hydrogens is 2060 g/mol. The Kier molecular flexibility index (Phi) is 25.0. The van der Waals surface area contributed by atoms with E-state index >= 15 is 0 Å². The summed E-state index contributed by atoms with van der Waals surface area (Å²) in [6, 6.07) is 156. The van der Waals surface area contributed by atoms with Crippen LogP contribution in [0.25, 0.3) is 178 Å². The Balaban J connectivity index is 0.000000138. The summed E-state index contributed by atoms with van der Waals surface area (Å²) < 4.78 is 45.3. The van der Waals surface area contributed by atoms with E-state index in [1.807, 2.05) is 36.4 Å². The third-order valence-electron chi connectivity index (χ3n) is 23.9. The molecule has 14 nitrogen and oxygen atoms in total. The number of para-hydroxylation sites is 15. The van der Waals surface area contributed by atoms with E-state index in [1.54, 1.807) is 46.4 Å². The molecule has 0 saturated heterocycles. The van der Waals surface area contributed by atoms with Crippen molar-refractivity contribution in [2.45, 2.75) is 0 Å². The second kappa shape index (κ2) is 38.8. The van der Waals surface area contributed by atoms with Gasteiger partial charge in [-0.15, -0.1) is 12.1 Å². The molecule has 19 heteroatoms. The van der Waals surface area contributed by atoms with Gasteiger partial charge < -0.3 is 28.7 Å². The van der Waals surface area contributed by atoms with Crippen LogP contribution in [0.3, 0.4) is 0 Å². The first-order valence-corrected chi connectivity index (χ1v) is 43.4. The van der Waals surface area contributed by atoms with Gasteiger partial charge in [-0.2, -0.15) is 9.84 Å². The van der Waals surface area contributed by atoms with E-state index < -0.39 is 17.6 Å². The van der Waals surface area contributed by atoms with Crippen LogP contribution in [0.1, 0.15) is 10.5 Å². The Morgan fingerprint density at radius 2 is 0.570 bits per heavy atom. The maximum Gasteiger partial charge on any atom is 0.145 e. The van der Waals surface area contributed by atoms with Crippen molar-refractivity contribution in [3.8, 4) is 79.5 Å². The molecule has 652 valence electrons. The predicted molar refractivity (Wildman–Crippen MR) is 550 cm³/mol. The number of nitrogens with zero attached hydrogens (tertiary/aromatic N) is 12. The summed E-state index contributed by atoms with van der Waals surface area (Å²) in [6.07, 6.45) is 3.00. The number of rotatable bonds is 14. The molecule has 0 fully saturated rings. The molecular formula is C116H82BiF2IrN12O2P-. The molecule has 0 aliphatic rings. The minimum Gasteiger partial charge on any atom is -0.310 e. The Labute approximate surface area is 812 Å². The number of aromatic nitrogens is 11. The van der Waals surface area contributed by atoms with Crippen LogP contribution in [0.2, 0.25) is 0 Å². The first-order valence-electron chi connectivity index (χ1n) is 44.0. The number of carboxylic acid groups (broad SMARTS) is 1. The van der Waals surface area contributed by atoms with Crippen molar-refractivity contribution in [2.75, 3.05) is 4.90 Å². The third-order valence-corrected chi connectivity index (χ3v) is 23.9. The summed E-state index contributed by atoms with van der Waals surface area (Å²) in [5.74, 6) is 0.252. The van der Waals surface area contributed by atoms with Gasteiger partial charge in [0.15, 0.2) is 0 Å². The van der Waals surface area contributed by atoms with Gasteiger partial charge in [0.2, 0.25) is 0 Å². The fraction of sp³-hybridized carbons (Fsp3) is 0. The molecule has 0 amide bonds. The molecule has 8 aromatic heterocycles. The number of aromatic carboxylic acids is 1. The van der Waals surface area contributed by atoms with Crippen LogP contribution in [0, 0.1) is 17.7 Å². The zero-order chi connectivity index (χ0) is 90.5. The van der Waals surface area contributed by atoms with E-state index in [4.69, 9.17) is 21.3 Å². The van der Waals surface area contributed by atoms with Gasteiger partial charge in [0.25, 0.3) is 0 Å². The molecule has 1 N–H and O–H groups in total. The summed E-state index contributed by atoms with van der Waals surface area (Å²) >= 11 is 0. The van der Waals surface area contributed by atoms with E-state index in [9.17, 15) is 13.6 Å². The fourth-order valence-corrected chi connectivity index (χ4v) is 18.1. The Bertz CT molecular complexity index is 7750. The first kappa shape index (κ1) is 87.0. The molecule has 0 aliphatic carbocycles. The molecule has 0 spiro atoms. The van der Waals surface area contributed by atoms with Crippen molar-refractivity contribution < 1.29 is 38.8 Å². The minimum absolute atomic E-state index is 0. The number of carbonyl (C=O) groups is 1. The molecule has 25 aromatic rings. The smallest absolute Gasteiger partial charge is 0.145 e. The molecule has 135 heavy (non-hydrogen) atoms. The number of benzene rings is 17. The number of hydrogen-bond donors (Lipinski definition) is 1. The van der Waals surface area contributed by atoms with Gasteiger partial charge in [-0.3, -0.25) is 22.5 Å². The SMILES string of the molecule is Fc1c[c-]c(-c2ccccn2)c(F)c1.O=C(O)c1ccccn1.[3H]P.[BiH2].[Ir].c1ccc(-n2c(-c3cc(-c4nc5ccccc5n4-c4ccccc4)cc(-c4nc5ccccc5n4-c4ccccc4)c3)nc3ccccc32)cc1.c1ccc2c(c1)c1ccccc1n2-c1ccc(N(c2ccc(-n3c4ccccc4c4ccccc43)cc2)c2ccc(-n3c4ccccc4c4ccccc43)cc2)cc1. The normalized spacial score (nSPS) is 11.1. The summed E-state index contributed by atoms with van der Waals surface area (Å²) in [7, 11) is 1.67. The topological polar surface area (TPSA) is 135 Å². The summed E-state index contributed by atoms with van der Waals surface area (Å²) in [5.41, 5.74) is 26.5. The molecule has 0 saturated carbocycles. The maximum absolute atomic E-state index is 13.2. The molecule has 0 bridgehead atoms. The summed E-state index contributed by atoms with van der Waals surface area (Å²) in [5, 5.41) is 15.9. The molecule has 8 heterocycles. The Hall–Kier alpha value is -16.1. The first-order chi connectivity index (χ1) is 66.2. The monoisotopic (exact) mass is 2150 g/mol.